The van der Waals surface area contributed by atoms with Crippen LogP contribution >= 0.6 is 11.3 Å². The first-order valence-corrected chi connectivity index (χ1v) is 7.15. The molecule has 5 nitrogen and oxygen atoms in total. The van der Waals surface area contributed by atoms with E-state index in [0.29, 0.717) is 12.3 Å². The van der Waals surface area contributed by atoms with E-state index in [1.54, 1.807) is 13.1 Å². The molecule has 0 N–H and O–H groups in total. The zero-order chi connectivity index (χ0) is 13.8. The Hall–Kier alpha value is -1.69. The van der Waals surface area contributed by atoms with E-state index in [4.69, 9.17) is 4.74 Å². The number of esters is 1. The van der Waals surface area contributed by atoms with Crippen molar-refractivity contribution in [3.63, 3.8) is 0 Å². The smallest absolute Gasteiger partial charge is 0.358 e. The summed E-state index contributed by atoms with van der Waals surface area (Å²) in [5, 5.41) is 5.08. The van der Waals surface area contributed by atoms with E-state index < -0.39 is 0 Å². The number of rotatable bonds is 5. The maximum atomic E-state index is 11.8. The summed E-state index contributed by atoms with van der Waals surface area (Å²) in [5.41, 5.74) is 1.36. The molecule has 19 heavy (non-hydrogen) atoms. The number of nitrogens with zero attached hydrogens (tertiary/aromatic N) is 3. The van der Waals surface area contributed by atoms with Gasteiger partial charge in [-0.2, -0.15) is 5.10 Å². The average molecular weight is 279 g/mol. The first-order valence-electron chi connectivity index (χ1n) is 6.34. The monoisotopic (exact) mass is 279 g/mol. The molecule has 2 heterocycles. The van der Waals surface area contributed by atoms with Gasteiger partial charge in [0.1, 0.15) is 5.01 Å². The van der Waals surface area contributed by atoms with Gasteiger partial charge in [0.15, 0.2) is 5.69 Å². The minimum atomic E-state index is -0.357. The normalized spacial score (nSPS) is 10.7. The number of carbonyl (C=O) groups is 1. The third-order valence-corrected chi connectivity index (χ3v) is 3.63. The van der Waals surface area contributed by atoms with Crippen molar-refractivity contribution in [2.45, 2.75) is 33.7 Å². The molecule has 0 aliphatic heterocycles. The SMILES string of the molecule is CCCn1nccc1-c1nc(C(=O)OCC)c(C)s1. The molecule has 2 aromatic heterocycles. The van der Waals surface area contributed by atoms with Crippen molar-refractivity contribution in [1.29, 1.82) is 0 Å². The van der Waals surface area contributed by atoms with Gasteiger partial charge in [0.25, 0.3) is 0 Å². The number of carbonyl (C=O) groups excluding carboxylic acids is 1. The summed E-state index contributed by atoms with van der Waals surface area (Å²) in [6.45, 7) is 6.97. The van der Waals surface area contributed by atoms with Crippen molar-refractivity contribution in [1.82, 2.24) is 14.8 Å². The van der Waals surface area contributed by atoms with E-state index in [2.05, 4.69) is 17.0 Å². The van der Waals surface area contributed by atoms with Crippen LogP contribution in [0.5, 0.6) is 0 Å². The predicted octanol–water partition coefficient (Wildman–Crippen LogP) is 2.90. The van der Waals surface area contributed by atoms with Crippen LogP contribution in [0.2, 0.25) is 0 Å². The summed E-state index contributed by atoms with van der Waals surface area (Å²) in [6.07, 6.45) is 2.76. The van der Waals surface area contributed by atoms with Crippen LogP contribution in [0, 0.1) is 6.92 Å². The van der Waals surface area contributed by atoms with Crippen LogP contribution in [0.25, 0.3) is 10.7 Å². The van der Waals surface area contributed by atoms with Gasteiger partial charge < -0.3 is 4.74 Å². The summed E-state index contributed by atoms with van der Waals surface area (Å²) in [4.78, 5) is 17.0. The van der Waals surface area contributed by atoms with Gasteiger partial charge in [-0.05, 0) is 26.3 Å². The molecule has 6 heteroatoms. The number of ether oxygens (including phenoxy) is 1. The molecule has 0 atom stereocenters. The van der Waals surface area contributed by atoms with Crippen molar-refractivity contribution in [3.8, 4) is 10.7 Å². The van der Waals surface area contributed by atoms with Crippen LogP contribution < -0.4 is 0 Å². The Morgan fingerprint density at radius 2 is 2.26 bits per heavy atom. The Bertz CT molecular complexity index is 574. The fraction of sp³-hybridized carbons (Fsp3) is 0.462. The van der Waals surface area contributed by atoms with Gasteiger partial charge >= 0.3 is 5.97 Å². The van der Waals surface area contributed by atoms with Crippen LogP contribution in [0.4, 0.5) is 0 Å². The zero-order valence-corrected chi connectivity index (χ0v) is 12.2. The molecule has 0 radical (unpaired) electrons. The van der Waals surface area contributed by atoms with Gasteiger partial charge in [-0.3, -0.25) is 4.68 Å². The minimum absolute atomic E-state index is 0.357. The van der Waals surface area contributed by atoms with Crippen LogP contribution in [-0.4, -0.2) is 27.3 Å². The lowest BCUT2D eigenvalue weighted by atomic mass is 10.4. The summed E-state index contributed by atoms with van der Waals surface area (Å²) < 4.78 is 6.91. The van der Waals surface area contributed by atoms with Gasteiger partial charge in [-0.25, -0.2) is 9.78 Å². The van der Waals surface area contributed by atoms with E-state index in [9.17, 15) is 4.79 Å². The molecule has 0 saturated heterocycles. The number of aromatic nitrogens is 3. The molecule has 0 fully saturated rings. The van der Waals surface area contributed by atoms with Gasteiger partial charge in [0.05, 0.1) is 12.3 Å². The maximum absolute atomic E-state index is 11.8. The van der Waals surface area contributed by atoms with Crippen molar-refractivity contribution in [3.05, 3.63) is 22.8 Å². The standard InChI is InChI=1S/C13H17N3O2S/c1-4-8-16-10(6-7-14-16)12-15-11(9(3)19-12)13(17)18-5-2/h6-7H,4-5,8H2,1-3H3. The second kappa shape index (κ2) is 5.97. The van der Waals surface area contributed by atoms with Crippen LogP contribution in [0.3, 0.4) is 0 Å². The van der Waals surface area contributed by atoms with Crippen molar-refractivity contribution in [2.75, 3.05) is 6.61 Å². The van der Waals surface area contributed by atoms with E-state index >= 15 is 0 Å². The van der Waals surface area contributed by atoms with Gasteiger partial charge in [-0.15, -0.1) is 11.3 Å². The highest BCUT2D eigenvalue weighted by molar-refractivity contribution is 7.15. The van der Waals surface area contributed by atoms with Crippen molar-refractivity contribution in [2.24, 2.45) is 0 Å². The van der Waals surface area contributed by atoms with E-state index in [1.165, 1.54) is 11.3 Å². The molecule has 0 aromatic carbocycles. The predicted molar refractivity (Wildman–Crippen MR) is 74.3 cm³/mol. The summed E-state index contributed by atoms with van der Waals surface area (Å²) in [7, 11) is 0. The molecule has 0 spiro atoms. The molecular weight excluding hydrogens is 262 g/mol. The summed E-state index contributed by atoms with van der Waals surface area (Å²) in [5.74, 6) is -0.357. The van der Waals surface area contributed by atoms with E-state index in [-0.39, 0.29) is 5.97 Å². The molecule has 0 unspecified atom stereocenters. The number of thiazole rings is 1. The first kappa shape index (κ1) is 13.7. The Labute approximate surface area is 116 Å². The van der Waals surface area contributed by atoms with E-state index in [0.717, 1.165) is 28.5 Å². The average Bonchev–Trinajstić information content (AvgIpc) is 2.96. The van der Waals surface area contributed by atoms with Crippen LogP contribution in [0.1, 0.15) is 35.6 Å². The van der Waals surface area contributed by atoms with Crippen molar-refractivity contribution < 1.29 is 9.53 Å². The highest BCUT2D eigenvalue weighted by atomic mass is 32.1. The highest BCUT2D eigenvalue weighted by Crippen LogP contribution is 2.28. The Balaban J connectivity index is 2.33. The maximum Gasteiger partial charge on any atom is 0.358 e. The lowest BCUT2D eigenvalue weighted by molar-refractivity contribution is 0.0519. The molecule has 0 aliphatic carbocycles. The van der Waals surface area contributed by atoms with Crippen LogP contribution in [-0.2, 0) is 11.3 Å². The van der Waals surface area contributed by atoms with Crippen molar-refractivity contribution >= 4 is 17.3 Å². The Morgan fingerprint density at radius 3 is 2.95 bits per heavy atom. The molecule has 0 bridgehead atoms. The topological polar surface area (TPSA) is 57.0 Å². The fourth-order valence-corrected chi connectivity index (χ4v) is 2.73. The van der Waals surface area contributed by atoms with Gasteiger partial charge in [0.2, 0.25) is 0 Å². The second-order valence-electron chi connectivity index (χ2n) is 4.08. The lowest BCUT2D eigenvalue weighted by Gasteiger charge is -2.02. The minimum Gasteiger partial charge on any atom is -0.461 e. The highest BCUT2D eigenvalue weighted by Gasteiger charge is 2.18. The molecular formula is C13H17N3O2S. The third-order valence-electron chi connectivity index (χ3n) is 2.64. The van der Waals surface area contributed by atoms with Gasteiger partial charge in [0, 0.05) is 17.6 Å². The Morgan fingerprint density at radius 1 is 1.47 bits per heavy atom. The largest absolute Gasteiger partial charge is 0.461 e. The number of aryl methyl sites for hydroxylation is 2. The molecule has 2 aromatic rings. The third kappa shape index (κ3) is 2.84. The quantitative estimate of drug-likeness (QED) is 0.790. The molecule has 2 rings (SSSR count). The van der Waals surface area contributed by atoms with Gasteiger partial charge in [-0.1, -0.05) is 6.92 Å². The molecule has 0 amide bonds. The fourth-order valence-electron chi connectivity index (χ4n) is 1.80. The van der Waals surface area contributed by atoms with Crippen LogP contribution in [0.15, 0.2) is 12.3 Å². The molecule has 102 valence electrons. The number of hydrogen-bond donors (Lipinski definition) is 0. The summed E-state index contributed by atoms with van der Waals surface area (Å²) >= 11 is 1.49. The van der Waals surface area contributed by atoms with E-state index in [1.807, 2.05) is 17.7 Å². The first-order chi connectivity index (χ1) is 9.17. The lowest BCUT2D eigenvalue weighted by Crippen LogP contribution is -2.06. The number of hydrogen-bond acceptors (Lipinski definition) is 5. The molecule has 0 aliphatic rings. The summed E-state index contributed by atoms with van der Waals surface area (Å²) in [6, 6.07) is 1.92. The Kier molecular flexibility index (Phi) is 4.31. The zero-order valence-electron chi connectivity index (χ0n) is 11.3. The molecule has 0 saturated carbocycles. The second-order valence-corrected chi connectivity index (χ2v) is 5.29.